The van der Waals surface area contributed by atoms with Gasteiger partial charge in [-0.1, -0.05) is 0 Å². The number of alkyl halides is 3. The van der Waals surface area contributed by atoms with Crippen LogP contribution in [0.2, 0.25) is 0 Å². The van der Waals surface area contributed by atoms with Gasteiger partial charge in [0.2, 0.25) is 11.8 Å². The molecule has 1 aliphatic heterocycles. The molecule has 0 spiro atoms. The molecule has 2 fully saturated rings. The maximum absolute atomic E-state index is 12.7. The minimum Gasteiger partial charge on any atom is -0.474 e. The Morgan fingerprint density at radius 3 is 2.40 bits per heavy atom. The first-order valence-electron chi connectivity index (χ1n) is 11.5. The number of hydrogen-bond acceptors (Lipinski definition) is 8. The van der Waals surface area contributed by atoms with Crippen LogP contribution in [0, 0.1) is 3.57 Å². The fourth-order valence-electron chi connectivity index (χ4n) is 4.31. The smallest absolute Gasteiger partial charge is 0.419 e. The first-order valence-corrected chi connectivity index (χ1v) is 12.5. The SMILES string of the molecule is FC(F)(F)c1cnc(N[C@H]2CC[C@@H](Oc3nc(N4CCOCC4)cc4ncc(I)cc34)CC2)nc1. The van der Waals surface area contributed by atoms with Crippen LogP contribution in [0.4, 0.5) is 24.9 Å². The van der Waals surface area contributed by atoms with Crippen molar-refractivity contribution in [2.75, 3.05) is 36.5 Å². The Bertz CT molecular complexity index is 1170. The number of fused-ring (bicyclic) bond motifs is 1. The van der Waals surface area contributed by atoms with Gasteiger partial charge in [-0.15, -0.1) is 0 Å². The van der Waals surface area contributed by atoms with E-state index in [0.717, 1.165) is 71.5 Å². The summed E-state index contributed by atoms with van der Waals surface area (Å²) < 4.78 is 51.0. The van der Waals surface area contributed by atoms with Gasteiger partial charge in [0.05, 0.1) is 29.7 Å². The van der Waals surface area contributed by atoms with Crippen molar-refractivity contribution in [1.82, 2.24) is 19.9 Å². The van der Waals surface area contributed by atoms with Crippen molar-refractivity contribution >= 4 is 45.3 Å². The number of aromatic nitrogens is 4. The predicted molar refractivity (Wildman–Crippen MR) is 133 cm³/mol. The van der Waals surface area contributed by atoms with Crippen LogP contribution in [0.25, 0.3) is 10.9 Å². The maximum Gasteiger partial charge on any atom is 0.419 e. The number of nitrogens with zero attached hydrogens (tertiary/aromatic N) is 5. The number of pyridine rings is 2. The molecule has 0 aromatic carbocycles. The quantitative estimate of drug-likeness (QED) is 0.423. The molecule has 1 saturated heterocycles. The molecule has 1 saturated carbocycles. The average molecular weight is 600 g/mol. The molecule has 35 heavy (non-hydrogen) atoms. The molecule has 0 atom stereocenters. The number of ether oxygens (including phenoxy) is 2. The lowest BCUT2D eigenvalue weighted by atomic mass is 9.93. The highest BCUT2D eigenvalue weighted by Gasteiger charge is 2.31. The zero-order valence-electron chi connectivity index (χ0n) is 18.8. The average Bonchev–Trinajstić information content (AvgIpc) is 2.86. The Labute approximate surface area is 213 Å². The predicted octanol–water partition coefficient (Wildman–Crippen LogP) is 4.68. The lowest BCUT2D eigenvalue weighted by molar-refractivity contribution is -0.138. The van der Waals surface area contributed by atoms with Crippen LogP contribution in [0.1, 0.15) is 31.2 Å². The third-order valence-electron chi connectivity index (χ3n) is 6.20. The minimum absolute atomic E-state index is 0.0184. The summed E-state index contributed by atoms with van der Waals surface area (Å²) in [5.74, 6) is 1.62. The van der Waals surface area contributed by atoms with Crippen LogP contribution >= 0.6 is 22.6 Å². The number of morpholine rings is 1. The zero-order chi connectivity index (χ0) is 24.4. The van der Waals surface area contributed by atoms with E-state index in [4.69, 9.17) is 14.5 Å². The van der Waals surface area contributed by atoms with Gasteiger partial charge in [0.25, 0.3) is 0 Å². The van der Waals surface area contributed by atoms with E-state index in [1.54, 1.807) is 0 Å². The van der Waals surface area contributed by atoms with E-state index in [1.165, 1.54) is 0 Å². The van der Waals surface area contributed by atoms with Crippen molar-refractivity contribution < 1.29 is 22.6 Å². The van der Waals surface area contributed by atoms with Gasteiger partial charge < -0.3 is 19.7 Å². The van der Waals surface area contributed by atoms with Gasteiger partial charge in [-0.2, -0.15) is 18.2 Å². The second-order valence-electron chi connectivity index (χ2n) is 8.63. The fourth-order valence-corrected chi connectivity index (χ4v) is 4.76. The minimum atomic E-state index is -4.45. The van der Waals surface area contributed by atoms with Gasteiger partial charge >= 0.3 is 6.18 Å². The van der Waals surface area contributed by atoms with Crippen molar-refractivity contribution in [3.8, 4) is 5.88 Å². The van der Waals surface area contributed by atoms with E-state index >= 15 is 0 Å². The monoisotopic (exact) mass is 600 g/mol. The highest BCUT2D eigenvalue weighted by Crippen LogP contribution is 2.32. The second kappa shape index (κ2) is 10.2. The Balaban J connectivity index is 1.25. The highest BCUT2D eigenvalue weighted by molar-refractivity contribution is 14.1. The number of rotatable bonds is 5. The Hall–Kier alpha value is -2.48. The molecule has 8 nitrogen and oxygen atoms in total. The first-order chi connectivity index (χ1) is 16.8. The van der Waals surface area contributed by atoms with Gasteiger partial charge in [0.15, 0.2) is 0 Å². The number of nitrogens with one attached hydrogen (secondary N) is 1. The van der Waals surface area contributed by atoms with Crippen molar-refractivity contribution in [1.29, 1.82) is 0 Å². The molecule has 0 amide bonds. The van der Waals surface area contributed by atoms with Gasteiger partial charge in [0, 0.05) is 47.4 Å². The number of halogens is 4. The van der Waals surface area contributed by atoms with E-state index in [9.17, 15) is 13.2 Å². The fraction of sp³-hybridized carbons (Fsp3) is 0.478. The second-order valence-corrected chi connectivity index (χ2v) is 9.88. The first kappa shape index (κ1) is 24.2. The van der Waals surface area contributed by atoms with E-state index in [-0.39, 0.29) is 18.1 Å². The number of anilines is 2. The van der Waals surface area contributed by atoms with Crippen LogP contribution in [-0.2, 0) is 10.9 Å². The van der Waals surface area contributed by atoms with Crippen molar-refractivity contribution in [3.05, 3.63) is 39.9 Å². The molecule has 5 rings (SSSR count). The van der Waals surface area contributed by atoms with Crippen molar-refractivity contribution in [2.45, 2.75) is 44.0 Å². The zero-order valence-corrected chi connectivity index (χ0v) is 20.9. The molecule has 1 aliphatic carbocycles. The summed E-state index contributed by atoms with van der Waals surface area (Å²) >= 11 is 2.23. The van der Waals surface area contributed by atoms with Crippen molar-refractivity contribution in [3.63, 3.8) is 0 Å². The standard InChI is InChI=1S/C23H24F3IN6O2/c24-23(25,26)14-11-29-22(30-12-14)31-16-1-3-17(4-2-16)35-21-18-9-15(27)13-28-19(18)10-20(32-21)33-5-7-34-8-6-33/h9-13,16-17H,1-8H2,(H,29,30,31)/t16-,17+. The molecule has 3 aromatic heterocycles. The largest absolute Gasteiger partial charge is 0.474 e. The molecule has 4 heterocycles. The van der Waals surface area contributed by atoms with Crippen LogP contribution < -0.4 is 15.0 Å². The van der Waals surface area contributed by atoms with Gasteiger partial charge in [-0.25, -0.2) is 9.97 Å². The van der Waals surface area contributed by atoms with E-state index in [1.807, 2.05) is 18.3 Å². The van der Waals surface area contributed by atoms with E-state index < -0.39 is 11.7 Å². The molecule has 3 aromatic rings. The lowest BCUT2D eigenvalue weighted by Crippen LogP contribution is -2.37. The Morgan fingerprint density at radius 1 is 1.00 bits per heavy atom. The normalized spacial score (nSPS) is 21.2. The Morgan fingerprint density at radius 2 is 1.71 bits per heavy atom. The lowest BCUT2D eigenvalue weighted by Gasteiger charge is -2.31. The summed E-state index contributed by atoms with van der Waals surface area (Å²) in [7, 11) is 0. The summed E-state index contributed by atoms with van der Waals surface area (Å²) in [5.41, 5.74) is -0.0185. The Kier molecular flexibility index (Phi) is 7.09. The van der Waals surface area contributed by atoms with Gasteiger partial charge in [0.1, 0.15) is 11.9 Å². The molecule has 0 bridgehead atoms. The third kappa shape index (κ3) is 5.85. The molecule has 186 valence electrons. The maximum atomic E-state index is 12.7. The molecule has 12 heteroatoms. The summed E-state index contributed by atoms with van der Waals surface area (Å²) in [6, 6.07) is 4.09. The molecular weight excluding hydrogens is 576 g/mol. The summed E-state index contributed by atoms with van der Waals surface area (Å²) in [4.78, 5) is 19.3. The van der Waals surface area contributed by atoms with Crippen LogP contribution in [-0.4, -0.2) is 58.4 Å². The van der Waals surface area contributed by atoms with Gasteiger partial charge in [-0.3, -0.25) is 4.98 Å². The third-order valence-corrected chi connectivity index (χ3v) is 6.79. The molecule has 0 unspecified atom stereocenters. The molecule has 0 radical (unpaired) electrons. The molecule has 2 aliphatic rings. The highest BCUT2D eigenvalue weighted by atomic mass is 127. The van der Waals surface area contributed by atoms with Crippen molar-refractivity contribution in [2.24, 2.45) is 0 Å². The topological polar surface area (TPSA) is 85.3 Å². The van der Waals surface area contributed by atoms with Crippen LogP contribution in [0.5, 0.6) is 5.88 Å². The van der Waals surface area contributed by atoms with Crippen LogP contribution in [0.3, 0.4) is 0 Å². The van der Waals surface area contributed by atoms with Gasteiger partial charge in [-0.05, 0) is 54.3 Å². The van der Waals surface area contributed by atoms with E-state index in [2.05, 4.69) is 47.8 Å². The van der Waals surface area contributed by atoms with Crippen LogP contribution in [0.15, 0.2) is 30.7 Å². The summed E-state index contributed by atoms with van der Waals surface area (Å²) in [5, 5.41) is 4.02. The number of hydrogen-bond donors (Lipinski definition) is 1. The molecular formula is C23H24F3IN6O2. The summed E-state index contributed by atoms with van der Waals surface area (Å²) in [6.45, 7) is 2.86. The summed E-state index contributed by atoms with van der Waals surface area (Å²) in [6.07, 6.45) is 2.10. The van der Waals surface area contributed by atoms with E-state index in [0.29, 0.717) is 19.1 Å². The molecule has 1 N–H and O–H groups in total.